The molecule has 6 heteroatoms. The van der Waals surface area contributed by atoms with Crippen LogP contribution in [0.1, 0.15) is 226 Å². The summed E-state index contributed by atoms with van der Waals surface area (Å²) in [6, 6.07) is 0. The average molecular weight is 849 g/mol. The van der Waals surface area contributed by atoms with Crippen molar-refractivity contribution in [1.82, 2.24) is 0 Å². The van der Waals surface area contributed by atoms with Crippen LogP contribution < -0.4 is 0 Å². The molecule has 0 bridgehead atoms. The maximum absolute atomic E-state index is 12.8. The zero-order valence-corrected chi connectivity index (χ0v) is 39.7. The number of ether oxygens (including phenoxy) is 3. The summed E-state index contributed by atoms with van der Waals surface area (Å²) in [5.74, 6) is -0.956. The number of carbonyl (C=O) groups excluding carboxylic acids is 3. The molecule has 0 aromatic rings. The van der Waals surface area contributed by atoms with Gasteiger partial charge in [0, 0.05) is 19.3 Å². The quantitative estimate of drug-likeness (QED) is 0.0200. The van der Waals surface area contributed by atoms with E-state index in [1.807, 2.05) is 36.5 Å². The van der Waals surface area contributed by atoms with Crippen molar-refractivity contribution in [3.05, 3.63) is 85.1 Å². The Kier molecular flexibility index (Phi) is 46.5. The van der Waals surface area contributed by atoms with Gasteiger partial charge in [0.1, 0.15) is 13.2 Å². The lowest BCUT2D eigenvalue weighted by Crippen LogP contribution is -2.30. The number of hydrogen-bond acceptors (Lipinski definition) is 6. The zero-order chi connectivity index (χ0) is 44.4. The fraction of sp³-hybridized carbons (Fsp3) is 0.691. The third-order valence-corrected chi connectivity index (χ3v) is 10.5. The van der Waals surface area contributed by atoms with E-state index in [4.69, 9.17) is 14.2 Å². The van der Waals surface area contributed by atoms with Crippen LogP contribution in [-0.2, 0) is 28.6 Å². The molecule has 0 spiro atoms. The monoisotopic (exact) mass is 849 g/mol. The van der Waals surface area contributed by atoms with Gasteiger partial charge in [0.2, 0.25) is 0 Å². The highest BCUT2D eigenvalue weighted by atomic mass is 16.6. The van der Waals surface area contributed by atoms with E-state index in [0.29, 0.717) is 19.3 Å². The van der Waals surface area contributed by atoms with Gasteiger partial charge in [0.15, 0.2) is 6.10 Å². The van der Waals surface area contributed by atoms with Crippen molar-refractivity contribution in [3.8, 4) is 0 Å². The highest BCUT2D eigenvalue weighted by Gasteiger charge is 2.19. The maximum Gasteiger partial charge on any atom is 0.306 e. The molecular formula is C55H92O6. The minimum absolute atomic E-state index is 0.0979. The van der Waals surface area contributed by atoms with Crippen molar-refractivity contribution in [3.63, 3.8) is 0 Å². The molecular weight excluding hydrogens is 757 g/mol. The molecule has 0 N–H and O–H groups in total. The van der Waals surface area contributed by atoms with Gasteiger partial charge in [-0.15, -0.1) is 0 Å². The van der Waals surface area contributed by atoms with Gasteiger partial charge in [0.05, 0.1) is 0 Å². The Morgan fingerprint density at radius 1 is 0.344 bits per heavy atom. The van der Waals surface area contributed by atoms with Gasteiger partial charge < -0.3 is 14.2 Å². The van der Waals surface area contributed by atoms with Crippen molar-refractivity contribution in [1.29, 1.82) is 0 Å². The zero-order valence-electron chi connectivity index (χ0n) is 39.7. The van der Waals surface area contributed by atoms with Crippen LogP contribution in [0.25, 0.3) is 0 Å². The van der Waals surface area contributed by atoms with Crippen molar-refractivity contribution in [2.45, 2.75) is 232 Å². The molecule has 6 nitrogen and oxygen atoms in total. The van der Waals surface area contributed by atoms with Gasteiger partial charge in [-0.25, -0.2) is 0 Å². The summed E-state index contributed by atoms with van der Waals surface area (Å²) in [6.07, 6.45) is 62.7. The van der Waals surface area contributed by atoms with Gasteiger partial charge in [0.25, 0.3) is 0 Å². The largest absolute Gasteiger partial charge is 0.462 e. The van der Waals surface area contributed by atoms with E-state index in [2.05, 4.69) is 69.4 Å². The number of allylic oxidation sites excluding steroid dienone is 14. The molecule has 0 radical (unpaired) electrons. The summed E-state index contributed by atoms with van der Waals surface area (Å²) in [6.45, 7) is 6.40. The SMILES string of the molecule is CC/C=C/C=C/C=C/C=C/CCCCCC(=O)OCC(COC(=O)CCCCCCCC/C=C/C=C/CCCCC)OC(=O)CCCCCCCCC/C=C/CCCCCC. The second kappa shape index (κ2) is 49.2. The second-order valence-electron chi connectivity index (χ2n) is 16.5. The van der Waals surface area contributed by atoms with E-state index >= 15 is 0 Å². The highest BCUT2D eigenvalue weighted by Crippen LogP contribution is 2.14. The van der Waals surface area contributed by atoms with E-state index < -0.39 is 6.10 Å². The van der Waals surface area contributed by atoms with Gasteiger partial charge in [-0.05, 0) is 89.9 Å². The minimum atomic E-state index is -0.799. The van der Waals surface area contributed by atoms with E-state index in [0.717, 1.165) is 77.0 Å². The first kappa shape index (κ1) is 57.6. The van der Waals surface area contributed by atoms with E-state index in [1.165, 1.54) is 109 Å². The van der Waals surface area contributed by atoms with Crippen LogP contribution in [0.4, 0.5) is 0 Å². The number of rotatable bonds is 44. The molecule has 0 saturated heterocycles. The topological polar surface area (TPSA) is 78.9 Å². The Labute approximate surface area is 375 Å². The van der Waals surface area contributed by atoms with Crippen LogP contribution in [0.5, 0.6) is 0 Å². The predicted octanol–water partition coefficient (Wildman–Crippen LogP) is 16.4. The molecule has 0 aliphatic carbocycles. The standard InChI is InChI=1S/C55H92O6/c1-4-7-10-13-16-19-22-25-27-30-33-36-39-42-45-48-54(57)60-51-52(50-59-53(56)47-44-41-38-35-32-29-24-21-18-15-12-9-6-3)61-55(58)49-46-43-40-37-34-31-28-26-23-20-17-14-11-8-5-2/h9,12,15-16,18-25,29,32,52H,4-8,10-11,13-14,17,26-28,30-31,33-51H2,1-3H3/b12-9+,18-15+,19-16+,23-20+,24-21+,25-22+,32-29+. The summed E-state index contributed by atoms with van der Waals surface area (Å²) in [4.78, 5) is 37.9. The van der Waals surface area contributed by atoms with Gasteiger partial charge >= 0.3 is 17.9 Å². The van der Waals surface area contributed by atoms with Gasteiger partial charge in [-0.1, -0.05) is 202 Å². The fourth-order valence-corrected chi connectivity index (χ4v) is 6.67. The Bertz CT molecular complexity index is 1200. The summed E-state index contributed by atoms with van der Waals surface area (Å²) >= 11 is 0. The predicted molar refractivity (Wildman–Crippen MR) is 261 cm³/mol. The summed E-state index contributed by atoms with van der Waals surface area (Å²) < 4.78 is 16.7. The third-order valence-electron chi connectivity index (χ3n) is 10.5. The van der Waals surface area contributed by atoms with Crippen LogP contribution >= 0.6 is 0 Å². The van der Waals surface area contributed by atoms with E-state index in [-0.39, 0.29) is 31.1 Å². The van der Waals surface area contributed by atoms with Gasteiger partial charge in [-0.3, -0.25) is 14.4 Å². The first-order chi connectivity index (χ1) is 30.0. The molecule has 61 heavy (non-hydrogen) atoms. The molecule has 0 aliphatic rings. The average Bonchev–Trinajstić information content (AvgIpc) is 3.26. The molecule has 0 rings (SSSR count). The summed E-state index contributed by atoms with van der Waals surface area (Å²) in [7, 11) is 0. The lowest BCUT2D eigenvalue weighted by atomic mass is 10.1. The second-order valence-corrected chi connectivity index (χ2v) is 16.5. The Morgan fingerprint density at radius 3 is 1.11 bits per heavy atom. The number of hydrogen-bond donors (Lipinski definition) is 0. The minimum Gasteiger partial charge on any atom is -0.462 e. The molecule has 0 aromatic carbocycles. The number of carbonyl (C=O) groups is 3. The van der Waals surface area contributed by atoms with E-state index in [9.17, 15) is 14.4 Å². The molecule has 0 aromatic heterocycles. The lowest BCUT2D eigenvalue weighted by Gasteiger charge is -2.18. The molecule has 348 valence electrons. The van der Waals surface area contributed by atoms with Crippen LogP contribution in [0.3, 0.4) is 0 Å². The van der Waals surface area contributed by atoms with Crippen molar-refractivity contribution in [2.24, 2.45) is 0 Å². The smallest absolute Gasteiger partial charge is 0.306 e. The van der Waals surface area contributed by atoms with Crippen LogP contribution in [0, 0.1) is 0 Å². The normalized spacial score (nSPS) is 12.8. The first-order valence-electron chi connectivity index (χ1n) is 25.2. The van der Waals surface area contributed by atoms with Gasteiger partial charge in [-0.2, -0.15) is 0 Å². The lowest BCUT2D eigenvalue weighted by molar-refractivity contribution is -0.167. The van der Waals surface area contributed by atoms with Crippen LogP contribution in [0.15, 0.2) is 85.1 Å². The van der Waals surface area contributed by atoms with E-state index in [1.54, 1.807) is 0 Å². The van der Waals surface area contributed by atoms with Crippen LogP contribution in [0.2, 0.25) is 0 Å². The number of unbranched alkanes of at least 4 members (excludes halogenated alkanes) is 23. The Morgan fingerprint density at radius 2 is 0.656 bits per heavy atom. The summed E-state index contributed by atoms with van der Waals surface area (Å²) in [5.41, 5.74) is 0. The first-order valence-corrected chi connectivity index (χ1v) is 25.2. The molecule has 1 atom stereocenters. The van der Waals surface area contributed by atoms with Crippen LogP contribution in [-0.4, -0.2) is 37.2 Å². The molecule has 0 saturated carbocycles. The molecule has 1 unspecified atom stereocenters. The molecule has 0 fully saturated rings. The van der Waals surface area contributed by atoms with Crippen molar-refractivity contribution < 1.29 is 28.6 Å². The van der Waals surface area contributed by atoms with Crippen molar-refractivity contribution >= 4 is 17.9 Å². The number of esters is 3. The van der Waals surface area contributed by atoms with Crippen molar-refractivity contribution in [2.75, 3.05) is 13.2 Å². The Balaban J connectivity index is 4.47. The molecule has 0 amide bonds. The third kappa shape index (κ3) is 47.5. The maximum atomic E-state index is 12.8. The fourth-order valence-electron chi connectivity index (χ4n) is 6.67. The molecule has 0 aliphatic heterocycles. The molecule has 0 heterocycles. The highest BCUT2D eigenvalue weighted by molar-refractivity contribution is 5.71. The summed E-state index contributed by atoms with van der Waals surface area (Å²) in [5, 5.41) is 0. The Hall–Kier alpha value is -3.41.